The summed E-state index contributed by atoms with van der Waals surface area (Å²) in [6.07, 6.45) is 3.01. The minimum Gasteiger partial charge on any atom is -0.483 e. The molecule has 0 bridgehead atoms. The predicted molar refractivity (Wildman–Crippen MR) is 110 cm³/mol. The average molecular weight is 403 g/mol. The molecule has 3 heterocycles. The fourth-order valence-electron chi connectivity index (χ4n) is 3.58. The summed E-state index contributed by atoms with van der Waals surface area (Å²) >= 11 is 0. The van der Waals surface area contributed by atoms with Crippen LogP contribution in [-0.2, 0) is 24.7 Å². The first-order valence-corrected chi connectivity index (χ1v) is 9.42. The van der Waals surface area contributed by atoms with Gasteiger partial charge in [-0.2, -0.15) is 10.4 Å². The van der Waals surface area contributed by atoms with Crippen LogP contribution in [0.2, 0.25) is 0 Å². The lowest BCUT2D eigenvalue weighted by Gasteiger charge is -2.20. The maximum Gasteiger partial charge on any atom is 0.290 e. The van der Waals surface area contributed by atoms with Crippen LogP contribution in [0.3, 0.4) is 0 Å². The second-order valence-corrected chi connectivity index (χ2v) is 6.71. The number of amides is 1. The van der Waals surface area contributed by atoms with Gasteiger partial charge in [-0.3, -0.25) is 14.3 Å². The first kappa shape index (κ1) is 20.7. The number of hydrogen-bond donors (Lipinski definition) is 1. The van der Waals surface area contributed by atoms with Crippen LogP contribution in [-0.4, -0.2) is 50.2 Å². The number of hydrogen-bond acceptors (Lipinski definition) is 5. The Balaban J connectivity index is 0.000000806. The van der Waals surface area contributed by atoms with Gasteiger partial charge >= 0.3 is 0 Å². The van der Waals surface area contributed by atoms with E-state index in [0.29, 0.717) is 24.3 Å². The van der Waals surface area contributed by atoms with Crippen molar-refractivity contribution in [3.63, 3.8) is 0 Å². The van der Waals surface area contributed by atoms with E-state index < -0.39 is 0 Å². The molecule has 0 saturated heterocycles. The van der Waals surface area contributed by atoms with Crippen molar-refractivity contribution in [1.82, 2.24) is 19.7 Å². The standard InChI is InChI=1S/C21H19N5O.CH2O2/c1-25-19-10-12-26(21(27)16-7-8-17(13-22)23-14-16)11-9-18(19)20(24-25)15-5-3-2-4-6-15;2-1-3/h2-8,14H,9-12H2,1H3;1H,(H,2,3). The fourth-order valence-corrected chi connectivity index (χ4v) is 3.58. The van der Waals surface area contributed by atoms with E-state index in [0.717, 1.165) is 24.1 Å². The summed E-state index contributed by atoms with van der Waals surface area (Å²) in [6, 6.07) is 15.4. The number of carbonyl (C=O) groups excluding carboxylic acids is 1. The van der Waals surface area contributed by atoms with Crippen molar-refractivity contribution in [2.75, 3.05) is 13.1 Å². The molecule has 3 aromatic rings. The van der Waals surface area contributed by atoms with Gasteiger partial charge in [0.15, 0.2) is 0 Å². The lowest BCUT2D eigenvalue weighted by Crippen LogP contribution is -2.33. The Hall–Kier alpha value is -3.99. The molecule has 4 rings (SSSR count). The molecule has 0 radical (unpaired) electrons. The highest BCUT2D eigenvalue weighted by molar-refractivity contribution is 5.94. The van der Waals surface area contributed by atoms with Crippen molar-refractivity contribution in [2.24, 2.45) is 7.05 Å². The van der Waals surface area contributed by atoms with Crippen molar-refractivity contribution in [3.8, 4) is 17.3 Å². The summed E-state index contributed by atoms with van der Waals surface area (Å²) in [5, 5.41) is 20.5. The number of aromatic nitrogens is 3. The maximum absolute atomic E-state index is 12.8. The number of benzene rings is 1. The number of nitrogens with zero attached hydrogens (tertiary/aromatic N) is 5. The fraction of sp³-hybridized carbons (Fsp3) is 0.227. The number of fused-ring (bicyclic) bond motifs is 1. The van der Waals surface area contributed by atoms with Gasteiger partial charge in [0, 0.05) is 49.6 Å². The Morgan fingerprint density at radius 2 is 1.87 bits per heavy atom. The number of carbonyl (C=O) groups is 2. The zero-order chi connectivity index (χ0) is 21.5. The Morgan fingerprint density at radius 1 is 1.17 bits per heavy atom. The third kappa shape index (κ3) is 4.36. The summed E-state index contributed by atoms with van der Waals surface area (Å²) in [6.45, 7) is 1.02. The summed E-state index contributed by atoms with van der Waals surface area (Å²) in [7, 11) is 1.97. The molecule has 0 unspecified atom stereocenters. The van der Waals surface area contributed by atoms with E-state index >= 15 is 0 Å². The van der Waals surface area contributed by atoms with Gasteiger partial charge < -0.3 is 10.0 Å². The molecule has 2 aromatic heterocycles. The van der Waals surface area contributed by atoms with Crippen LogP contribution in [0.4, 0.5) is 0 Å². The third-order valence-corrected chi connectivity index (χ3v) is 4.98. The highest BCUT2D eigenvalue weighted by Crippen LogP contribution is 2.28. The van der Waals surface area contributed by atoms with Crippen molar-refractivity contribution in [3.05, 3.63) is 71.2 Å². The number of nitriles is 1. The van der Waals surface area contributed by atoms with Crippen LogP contribution in [0.5, 0.6) is 0 Å². The molecule has 0 fully saturated rings. The first-order valence-electron chi connectivity index (χ1n) is 9.42. The summed E-state index contributed by atoms with van der Waals surface area (Å²) < 4.78 is 1.94. The molecule has 1 aliphatic heterocycles. The third-order valence-electron chi connectivity index (χ3n) is 4.98. The van der Waals surface area contributed by atoms with Crippen molar-refractivity contribution < 1.29 is 14.7 Å². The lowest BCUT2D eigenvalue weighted by molar-refractivity contribution is -0.122. The molecule has 1 N–H and O–H groups in total. The highest BCUT2D eigenvalue weighted by Gasteiger charge is 2.25. The van der Waals surface area contributed by atoms with E-state index in [2.05, 4.69) is 17.1 Å². The van der Waals surface area contributed by atoms with Gasteiger partial charge in [-0.1, -0.05) is 30.3 Å². The van der Waals surface area contributed by atoms with Gasteiger partial charge in [0.1, 0.15) is 11.8 Å². The zero-order valence-electron chi connectivity index (χ0n) is 16.5. The smallest absolute Gasteiger partial charge is 0.290 e. The average Bonchev–Trinajstić information content (AvgIpc) is 2.95. The van der Waals surface area contributed by atoms with Crippen molar-refractivity contribution in [1.29, 1.82) is 5.26 Å². The van der Waals surface area contributed by atoms with E-state index in [4.69, 9.17) is 20.3 Å². The number of carboxylic acid groups (broad SMARTS) is 1. The Kier molecular flexibility index (Phi) is 6.55. The normalized spacial score (nSPS) is 12.6. The lowest BCUT2D eigenvalue weighted by atomic mass is 10.0. The van der Waals surface area contributed by atoms with Crippen molar-refractivity contribution in [2.45, 2.75) is 12.8 Å². The molecule has 8 heteroatoms. The maximum atomic E-state index is 12.8. The topological polar surface area (TPSA) is 112 Å². The van der Waals surface area contributed by atoms with Crippen molar-refractivity contribution >= 4 is 12.4 Å². The van der Waals surface area contributed by atoms with Crippen LogP contribution in [0.1, 0.15) is 27.3 Å². The molecule has 1 aromatic carbocycles. The Bertz CT molecular complexity index is 1070. The van der Waals surface area contributed by atoms with Gasteiger partial charge in [-0.15, -0.1) is 0 Å². The van der Waals surface area contributed by atoms with Crippen LogP contribution < -0.4 is 0 Å². The Labute approximate surface area is 174 Å². The van der Waals surface area contributed by atoms with Crippen LogP contribution >= 0.6 is 0 Å². The van der Waals surface area contributed by atoms with E-state index in [1.165, 1.54) is 17.5 Å². The van der Waals surface area contributed by atoms with Gasteiger partial charge in [0.2, 0.25) is 0 Å². The molecule has 0 aliphatic carbocycles. The van der Waals surface area contributed by atoms with E-state index in [1.807, 2.05) is 40.9 Å². The molecule has 152 valence electrons. The molecule has 0 saturated carbocycles. The summed E-state index contributed by atoms with van der Waals surface area (Å²) in [5.74, 6) is -0.0472. The van der Waals surface area contributed by atoms with Crippen LogP contribution in [0.25, 0.3) is 11.3 Å². The quantitative estimate of drug-likeness (QED) is 0.657. The predicted octanol–water partition coefficient (Wildman–Crippen LogP) is 2.30. The number of pyridine rings is 1. The monoisotopic (exact) mass is 403 g/mol. The summed E-state index contributed by atoms with van der Waals surface area (Å²) in [4.78, 5) is 27.1. The van der Waals surface area contributed by atoms with Gasteiger partial charge in [0.05, 0.1) is 11.3 Å². The Morgan fingerprint density at radius 3 is 2.50 bits per heavy atom. The molecule has 8 nitrogen and oxygen atoms in total. The molecule has 1 amide bonds. The van der Waals surface area contributed by atoms with E-state index in [9.17, 15) is 4.79 Å². The van der Waals surface area contributed by atoms with Gasteiger partial charge in [-0.25, -0.2) is 4.98 Å². The second kappa shape index (κ2) is 9.47. The highest BCUT2D eigenvalue weighted by atomic mass is 16.3. The summed E-state index contributed by atoms with van der Waals surface area (Å²) in [5.41, 5.74) is 5.33. The molecule has 0 atom stereocenters. The zero-order valence-corrected chi connectivity index (χ0v) is 16.5. The van der Waals surface area contributed by atoms with Gasteiger partial charge in [-0.05, 0) is 18.6 Å². The van der Waals surface area contributed by atoms with Crippen LogP contribution in [0, 0.1) is 11.3 Å². The first-order chi connectivity index (χ1) is 14.6. The van der Waals surface area contributed by atoms with E-state index in [-0.39, 0.29) is 12.4 Å². The number of rotatable bonds is 2. The minimum absolute atomic E-state index is 0.0472. The second-order valence-electron chi connectivity index (χ2n) is 6.71. The van der Waals surface area contributed by atoms with E-state index in [1.54, 1.807) is 12.1 Å². The molecular weight excluding hydrogens is 382 g/mol. The van der Waals surface area contributed by atoms with Crippen LogP contribution in [0.15, 0.2) is 48.7 Å². The minimum atomic E-state index is -0.250. The number of aryl methyl sites for hydroxylation is 1. The SMILES string of the molecule is Cn1nc(-c2ccccc2)c2c1CCN(C(=O)c1ccc(C#N)nc1)CC2.O=CO. The molecule has 30 heavy (non-hydrogen) atoms. The molecular formula is C22H21N5O3. The molecule has 1 aliphatic rings. The van der Waals surface area contributed by atoms with Gasteiger partial charge in [0.25, 0.3) is 12.4 Å². The largest absolute Gasteiger partial charge is 0.483 e. The molecule has 0 spiro atoms.